The summed E-state index contributed by atoms with van der Waals surface area (Å²) in [6, 6.07) is 1.85. The van der Waals surface area contributed by atoms with Gasteiger partial charge in [0.15, 0.2) is 6.29 Å². The predicted molar refractivity (Wildman–Crippen MR) is 60.1 cm³/mol. The van der Waals surface area contributed by atoms with E-state index in [1.807, 2.05) is 12.3 Å². The fourth-order valence-corrected chi connectivity index (χ4v) is 2.07. The Hall–Kier alpha value is -0.830. The van der Waals surface area contributed by atoms with Crippen LogP contribution in [0.5, 0.6) is 0 Å². The van der Waals surface area contributed by atoms with Gasteiger partial charge in [-0.15, -0.1) is 11.8 Å². The first-order valence-corrected chi connectivity index (χ1v) is 5.71. The maximum Gasteiger partial charge on any atom is 0.168 e. The van der Waals surface area contributed by atoms with E-state index < -0.39 is 0 Å². The van der Waals surface area contributed by atoms with Crippen LogP contribution >= 0.6 is 11.8 Å². The van der Waals surface area contributed by atoms with Gasteiger partial charge in [-0.1, -0.05) is 20.8 Å². The summed E-state index contributed by atoms with van der Waals surface area (Å²) in [5.74, 6) is 0. The molecule has 0 radical (unpaired) electrons. The molecule has 0 amide bonds. The zero-order valence-electron chi connectivity index (χ0n) is 9.00. The third-order valence-electron chi connectivity index (χ3n) is 2.04. The van der Waals surface area contributed by atoms with Gasteiger partial charge < -0.3 is 0 Å². The summed E-state index contributed by atoms with van der Waals surface area (Å²) in [6.45, 7) is 6.43. The lowest BCUT2D eigenvalue weighted by atomic mass is 9.88. The maximum absolute atomic E-state index is 10.6. The number of carbonyl (C=O) groups excluding carboxylic acids is 1. The summed E-state index contributed by atoms with van der Waals surface area (Å²) in [5.41, 5.74) is 1.77. The van der Waals surface area contributed by atoms with E-state index in [-0.39, 0.29) is 5.41 Å². The lowest BCUT2D eigenvalue weighted by molar-refractivity contribution is 0.111. The van der Waals surface area contributed by atoms with E-state index in [9.17, 15) is 4.79 Å². The molecule has 0 N–H and O–H groups in total. The van der Waals surface area contributed by atoms with Gasteiger partial charge in [-0.2, -0.15) is 0 Å². The molecule has 0 saturated carbocycles. The molecule has 1 heterocycles. The fourth-order valence-electron chi connectivity index (χ4n) is 1.25. The quantitative estimate of drug-likeness (QED) is 0.554. The van der Waals surface area contributed by atoms with Crippen LogP contribution in [0, 0.1) is 0 Å². The molecule has 1 aromatic heterocycles. The predicted octanol–water partition coefficient (Wildman–Crippen LogP) is 2.91. The number of hydrogen-bond acceptors (Lipinski definition) is 3. The highest BCUT2D eigenvalue weighted by Gasteiger charge is 2.18. The molecular weight excluding hydrogens is 194 g/mol. The van der Waals surface area contributed by atoms with Gasteiger partial charge in [0.1, 0.15) is 5.69 Å². The highest BCUT2D eigenvalue weighted by molar-refractivity contribution is 7.98. The van der Waals surface area contributed by atoms with E-state index in [1.54, 1.807) is 18.0 Å². The topological polar surface area (TPSA) is 30.0 Å². The number of aldehydes is 1. The molecule has 0 aliphatic carbocycles. The molecule has 0 aliphatic heterocycles. The van der Waals surface area contributed by atoms with Gasteiger partial charge in [0.2, 0.25) is 0 Å². The van der Waals surface area contributed by atoms with Crippen LogP contribution in [0.2, 0.25) is 0 Å². The molecule has 0 unspecified atom stereocenters. The molecule has 0 bridgehead atoms. The number of thioether (sulfide) groups is 1. The normalized spacial score (nSPS) is 11.4. The third-order valence-corrected chi connectivity index (χ3v) is 2.81. The SMILES string of the molecule is CSc1cc(C=O)ncc1C(C)(C)C. The van der Waals surface area contributed by atoms with Crippen molar-refractivity contribution < 1.29 is 4.79 Å². The van der Waals surface area contributed by atoms with E-state index >= 15 is 0 Å². The summed E-state index contributed by atoms with van der Waals surface area (Å²) in [5, 5.41) is 0. The standard InChI is InChI=1S/C11H15NOS/c1-11(2,3)9-6-12-8(7-13)5-10(9)14-4/h5-7H,1-4H3. The van der Waals surface area contributed by atoms with Crippen molar-refractivity contribution in [3.8, 4) is 0 Å². The molecule has 0 atom stereocenters. The highest BCUT2D eigenvalue weighted by atomic mass is 32.2. The van der Waals surface area contributed by atoms with E-state index in [1.165, 1.54) is 5.56 Å². The van der Waals surface area contributed by atoms with Crippen molar-refractivity contribution in [1.82, 2.24) is 4.98 Å². The van der Waals surface area contributed by atoms with Crippen LogP contribution in [0.4, 0.5) is 0 Å². The van der Waals surface area contributed by atoms with E-state index in [0.717, 1.165) is 11.2 Å². The molecule has 3 heteroatoms. The molecule has 1 rings (SSSR count). The Labute approximate surface area is 89.1 Å². The Morgan fingerprint density at radius 1 is 1.43 bits per heavy atom. The van der Waals surface area contributed by atoms with Gasteiger partial charge in [0.25, 0.3) is 0 Å². The van der Waals surface area contributed by atoms with Crippen LogP contribution in [-0.2, 0) is 5.41 Å². The summed E-state index contributed by atoms with van der Waals surface area (Å²) in [4.78, 5) is 15.8. The average molecular weight is 209 g/mol. The van der Waals surface area contributed by atoms with Crippen molar-refractivity contribution in [2.75, 3.05) is 6.26 Å². The largest absolute Gasteiger partial charge is 0.296 e. The first-order chi connectivity index (χ1) is 6.49. The van der Waals surface area contributed by atoms with Crippen molar-refractivity contribution in [1.29, 1.82) is 0 Å². The first kappa shape index (κ1) is 11.2. The molecule has 76 valence electrons. The Morgan fingerprint density at radius 2 is 2.07 bits per heavy atom. The third kappa shape index (κ3) is 2.35. The second kappa shape index (κ2) is 4.13. The number of pyridine rings is 1. The monoisotopic (exact) mass is 209 g/mol. The molecule has 0 aromatic carbocycles. The minimum atomic E-state index is 0.0761. The van der Waals surface area contributed by atoms with Crippen molar-refractivity contribution >= 4 is 18.0 Å². The van der Waals surface area contributed by atoms with Crippen LogP contribution in [-0.4, -0.2) is 17.5 Å². The summed E-state index contributed by atoms with van der Waals surface area (Å²) < 4.78 is 0. The molecule has 0 saturated heterocycles. The van der Waals surface area contributed by atoms with Crippen LogP contribution in [0.3, 0.4) is 0 Å². The smallest absolute Gasteiger partial charge is 0.168 e. The fraction of sp³-hybridized carbons (Fsp3) is 0.455. The molecular formula is C11H15NOS. The number of rotatable bonds is 2. The van der Waals surface area contributed by atoms with Gasteiger partial charge in [0.05, 0.1) is 0 Å². The lowest BCUT2D eigenvalue weighted by Crippen LogP contribution is -2.13. The maximum atomic E-state index is 10.6. The first-order valence-electron chi connectivity index (χ1n) is 4.48. The highest BCUT2D eigenvalue weighted by Crippen LogP contribution is 2.30. The Morgan fingerprint density at radius 3 is 2.50 bits per heavy atom. The molecule has 0 fully saturated rings. The van der Waals surface area contributed by atoms with Gasteiger partial charge in [-0.25, -0.2) is 0 Å². The number of hydrogen-bond donors (Lipinski definition) is 0. The molecule has 14 heavy (non-hydrogen) atoms. The van der Waals surface area contributed by atoms with Crippen molar-refractivity contribution in [2.24, 2.45) is 0 Å². The molecule has 0 spiro atoms. The second-order valence-electron chi connectivity index (χ2n) is 4.18. The summed E-state index contributed by atoms with van der Waals surface area (Å²) >= 11 is 1.65. The Kier molecular flexibility index (Phi) is 3.32. The Bertz CT molecular complexity index is 342. The zero-order valence-corrected chi connectivity index (χ0v) is 9.81. The van der Waals surface area contributed by atoms with E-state index in [2.05, 4.69) is 25.8 Å². The zero-order chi connectivity index (χ0) is 10.8. The minimum absolute atomic E-state index is 0.0761. The van der Waals surface area contributed by atoms with E-state index in [0.29, 0.717) is 5.69 Å². The molecule has 0 aliphatic rings. The number of carbonyl (C=O) groups is 1. The van der Waals surface area contributed by atoms with Gasteiger partial charge in [0, 0.05) is 11.1 Å². The van der Waals surface area contributed by atoms with Crippen LogP contribution in [0.15, 0.2) is 17.2 Å². The van der Waals surface area contributed by atoms with Gasteiger partial charge >= 0.3 is 0 Å². The van der Waals surface area contributed by atoms with Crippen molar-refractivity contribution in [2.45, 2.75) is 31.1 Å². The van der Waals surface area contributed by atoms with Gasteiger partial charge in [-0.05, 0) is 23.3 Å². The Balaban J connectivity index is 3.25. The second-order valence-corrected chi connectivity index (χ2v) is 5.03. The van der Waals surface area contributed by atoms with Crippen LogP contribution in [0.1, 0.15) is 36.8 Å². The summed E-state index contributed by atoms with van der Waals surface area (Å²) in [7, 11) is 0. The average Bonchev–Trinajstić information content (AvgIpc) is 2.15. The summed E-state index contributed by atoms with van der Waals surface area (Å²) in [6.07, 6.45) is 4.60. The van der Waals surface area contributed by atoms with E-state index in [4.69, 9.17) is 0 Å². The van der Waals surface area contributed by atoms with Gasteiger partial charge in [-0.3, -0.25) is 9.78 Å². The molecule has 1 aromatic rings. The minimum Gasteiger partial charge on any atom is -0.296 e. The van der Waals surface area contributed by atoms with Crippen molar-refractivity contribution in [3.63, 3.8) is 0 Å². The lowest BCUT2D eigenvalue weighted by Gasteiger charge is -2.21. The molecule has 2 nitrogen and oxygen atoms in total. The number of nitrogens with zero attached hydrogens (tertiary/aromatic N) is 1. The number of aromatic nitrogens is 1. The van der Waals surface area contributed by atoms with Crippen molar-refractivity contribution in [3.05, 3.63) is 23.5 Å². The van der Waals surface area contributed by atoms with Crippen LogP contribution < -0.4 is 0 Å². The van der Waals surface area contributed by atoms with Crippen LogP contribution in [0.25, 0.3) is 0 Å².